The minimum atomic E-state index is 0. The number of rotatable bonds is 7. The summed E-state index contributed by atoms with van der Waals surface area (Å²) < 4.78 is 5.86. The molecule has 1 aliphatic heterocycles. The van der Waals surface area contributed by atoms with Gasteiger partial charge < -0.3 is 15.8 Å². The van der Waals surface area contributed by atoms with Crippen molar-refractivity contribution in [3.63, 3.8) is 0 Å². The van der Waals surface area contributed by atoms with Crippen LogP contribution in [0.1, 0.15) is 44.1 Å². The quantitative estimate of drug-likeness (QED) is 0.695. The van der Waals surface area contributed by atoms with Gasteiger partial charge in [-0.1, -0.05) is 49.6 Å². The molecule has 1 saturated carbocycles. The Balaban J connectivity index is 0.00000196. The van der Waals surface area contributed by atoms with Gasteiger partial charge in [0.05, 0.1) is 12.7 Å². The molecule has 0 aromatic heterocycles. The number of nitrogens with zero attached hydrogens (tertiary/aromatic N) is 1. The van der Waals surface area contributed by atoms with Crippen molar-refractivity contribution < 1.29 is 9.53 Å². The zero-order valence-corrected chi connectivity index (χ0v) is 18.2. The molecule has 5 nitrogen and oxygen atoms in total. The molecule has 1 aromatic rings. The largest absolute Gasteiger partial charge is 0.374 e. The van der Waals surface area contributed by atoms with E-state index in [-0.39, 0.29) is 42.2 Å². The van der Waals surface area contributed by atoms with Gasteiger partial charge in [0.15, 0.2) is 0 Å². The number of carbonyl (C=O) groups is 1. The summed E-state index contributed by atoms with van der Waals surface area (Å²) in [6, 6.07) is 10.5. The SMILES string of the molecule is Cl.Cl.NCC1(CC(=O)NCC2CN(Cc3ccccc3)CCO2)CCCCC1. The van der Waals surface area contributed by atoms with Crippen molar-refractivity contribution in [3.8, 4) is 0 Å². The van der Waals surface area contributed by atoms with Gasteiger partial charge in [0.1, 0.15) is 0 Å². The molecule has 0 radical (unpaired) electrons. The van der Waals surface area contributed by atoms with Crippen LogP contribution in [0.15, 0.2) is 30.3 Å². The molecule has 1 aromatic carbocycles. The number of benzene rings is 1. The molecular weight excluding hydrogens is 397 g/mol. The van der Waals surface area contributed by atoms with E-state index in [4.69, 9.17) is 10.5 Å². The second-order valence-corrected chi connectivity index (χ2v) is 7.96. The van der Waals surface area contributed by atoms with Crippen molar-refractivity contribution in [2.45, 2.75) is 51.2 Å². The molecule has 1 atom stereocenters. The van der Waals surface area contributed by atoms with Crippen molar-refractivity contribution in [2.75, 3.05) is 32.8 Å². The highest BCUT2D eigenvalue weighted by molar-refractivity contribution is 5.85. The van der Waals surface area contributed by atoms with Crippen LogP contribution in [0.2, 0.25) is 0 Å². The van der Waals surface area contributed by atoms with E-state index in [9.17, 15) is 4.79 Å². The lowest BCUT2D eigenvalue weighted by molar-refractivity contribution is -0.125. The summed E-state index contributed by atoms with van der Waals surface area (Å²) in [5, 5.41) is 3.10. The molecule has 160 valence electrons. The second-order valence-electron chi connectivity index (χ2n) is 7.96. The van der Waals surface area contributed by atoms with Crippen LogP contribution in [-0.2, 0) is 16.1 Å². The number of hydrogen-bond acceptors (Lipinski definition) is 4. The molecule has 1 unspecified atom stereocenters. The van der Waals surface area contributed by atoms with E-state index in [1.54, 1.807) is 0 Å². The number of ether oxygens (including phenoxy) is 1. The first kappa shape index (κ1) is 25.2. The van der Waals surface area contributed by atoms with E-state index < -0.39 is 0 Å². The fourth-order valence-electron chi connectivity index (χ4n) is 4.27. The smallest absolute Gasteiger partial charge is 0.220 e. The number of morpholine rings is 1. The van der Waals surface area contributed by atoms with Crippen molar-refractivity contribution >= 4 is 30.7 Å². The number of amides is 1. The third kappa shape index (κ3) is 7.53. The van der Waals surface area contributed by atoms with Gasteiger partial charge in [-0.25, -0.2) is 0 Å². The van der Waals surface area contributed by atoms with E-state index >= 15 is 0 Å². The third-order valence-electron chi connectivity index (χ3n) is 5.88. The van der Waals surface area contributed by atoms with Gasteiger partial charge in [-0.15, -0.1) is 24.8 Å². The van der Waals surface area contributed by atoms with Crippen LogP contribution >= 0.6 is 24.8 Å². The maximum atomic E-state index is 12.5. The maximum absolute atomic E-state index is 12.5. The Morgan fingerprint density at radius 2 is 1.89 bits per heavy atom. The van der Waals surface area contributed by atoms with Crippen LogP contribution < -0.4 is 11.1 Å². The van der Waals surface area contributed by atoms with Crippen molar-refractivity contribution in [1.29, 1.82) is 0 Å². The van der Waals surface area contributed by atoms with Crippen LogP contribution in [0.4, 0.5) is 0 Å². The van der Waals surface area contributed by atoms with Crippen LogP contribution in [0.25, 0.3) is 0 Å². The second kappa shape index (κ2) is 12.7. The van der Waals surface area contributed by atoms with Gasteiger partial charge in [0.2, 0.25) is 5.91 Å². The molecule has 1 aliphatic carbocycles. The minimum Gasteiger partial charge on any atom is -0.374 e. The zero-order chi connectivity index (χ0) is 18.2. The summed E-state index contributed by atoms with van der Waals surface area (Å²) in [5.74, 6) is 0.126. The number of halogens is 2. The highest BCUT2D eigenvalue weighted by atomic mass is 35.5. The Morgan fingerprint density at radius 1 is 1.18 bits per heavy atom. The van der Waals surface area contributed by atoms with Gasteiger partial charge in [-0.3, -0.25) is 9.69 Å². The van der Waals surface area contributed by atoms with Crippen LogP contribution in [0.5, 0.6) is 0 Å². The Labute approximate surface area is 181 Å². The molecule has 0 bridgehead atoms. The highest BCUT2D eigenvalue weighted by Gasteiger charge is 2.33. The van der Waals surface area contributed by atoms with E-state index in [0.29, 0.717) is 19.5 Å². The average Bonchev–Trinajstić information content (AvgIpc) is 2.68. The maximum Gasteiger partial charge on any atom is 0.220 e. The highest BCUT2D eigenvalue weighted by Crippen LogP contribution is 2.38. The van der Waals surface area contributed by atoms with E-state index in [2.05, 4.69) is 34.5 Å². The Bertz CT molecular complexity index is 568. The standard InChI is InChI=1S/C21H33N3O2.2ClH/c22-17-21(9-5-2-6-10-21)13-20(25)23-14-19-16-24(11-12-26-19)15-18-7-3-1-4-8-18;;/h1,3-4,7-8,19H,2,5-6,9-17,22H2,(H,23,25);2*1H. The van der Waals surface area contributed by atoms with Crippen LogP contribution in [0.3, 0.4) is 0 Å². The summed E-state index contributed by atoms with van der Waals surface area (Å²) in [6.07, 6.45) is 6.47. The first-order valence-electron chi connectivity index (χ1n) is 10.0. The van der Waals surface area contributed by atoms with Gasteiger partial charge in [-0.05, 0) is 30.4 Å². The van der Waals surface area contributed by atoms with Crippen molar-refractivity contribution in [2.24, 2.45) is 11.1 Å². The van der Waals surface area contributed by atoms with Crippen molar-refractivity contribution in [3.05, 3.63) is 35.9 Å². The number of nitrogens with one attached hydrogen (secondary N) is 1. The minimum absolute atomic E-state index is 0. The Morgan fingerprint density at radius 3 is 2.57 bits per heavy atom. The number of carbonyl (C=O) groups excluding carboxylic acids is 1. The lowest BCUT2D eigenvalue weighted by Gasteiger charge is -2.36. The molecule has 0 spiro atoms. The molecule has 3 rings (SSSR count). The summed E-state index contributed by atoms with van der Waals surface area (Å²) in [6.45, 7) is 4.66. The predicted molar refractivity (Wildman–Crippen MR) is 118 cm³/mol. The predicted octanol–water partition coefficient (Wildman–Crippen LogP) is 3.15. The van der Waals surface area contributed by atoms with Crippen molar-refractivity contribution in [1.82, 2.24) is 10.2 Å². The van der Waals surface area contributed by atoms with Gasteiger partial charge >= 0.3 is 0 Å². The molecule has 3 N–H and O–H groups in total. The summed E-state index contributed by atoms with van der Waals surface area (Å²) in [7, 11) is 0. The number of nitrogens with two attached hydrogens (primary N) is 1. The lowest BCUT2D eigenvalue weighted by Crippen LogP contribution is -2.48. The molecule has 1 heterocycles. The first-order chi connectivity index (χ1) is 12.7. The molecule has 2 aliphatic rings. The topological polar surface area (TPSA) is 67.6 Å². The summed E-state index contributed by atoms with van der Waals surface area (Å²) in [5.41, 5.74) is 7.35. The molecule has 1 saturated heterocycles. The zero-order valence-electron chi connectivity index (χ0n) is 16.6. The molecule has 1 amide bonds. The third-order valence-corrected chi connectivity index (χ3v) is 5.88. The molecule has 7 heteroatoms. The number of hydrogen-bond donors (Lipinski definition) is 2. The lowest BCUT2D eigenvalue weighted by atomic mass is 9.71. The fraction of sp³-hybridized carbons (Fsp3) is 0.667. The molecule has 28 heavy (non-hydrogen) atoms. The Hall–Kier alpha value is -0.850. The van der Waals surface area contributed by atoms with Crippen LogP contribution in [0, 0.1) is 5.41 Å². The Kier molecular flexibility index (Phi) is 11.4. The van der Waals surface area contributed by atoms with E-state index in [1.807, 2.05) is 6.07 Å². The normalized spacial score (nSPS) is 21.8. The van der Waals surface area contributed by atoms with E-state index in [0.717, 1.165) is 39.1 Å². The van der Waals surface area contributed by atoms with Crippen LogP contribution in [-0.4, -0.2) is 49.7 Å². The molecular formula is C21H35Cl2N3O2. The summed E-state index contributed by atoms with van der Waals surface area (Å²) >= 11 is 0. The average molecular weight is 432 g/mol. The summed E-state index contributed by atoms with van der Waals surface area (Å²) in [4.78, 5) is 14.9. The van der Waals surface area contributed by atoms with Gasteiger partial charge in [0.25, 0.3) is 0 Å². The monoisotopic (exact) mass is 431 g/mol. The molecule has 2 fully saturated rings. The fourth-order valence-corrected chi connectivity index (χ4v) is 4.27. The van der Waals surface area contributed by atoms with E-state index in [1.165, 1.54) is 24.8 Å². The van der Waals surface area contributed by atoms with Gasteiger partial charge in [0, 0.05) is 32.6 Å². The van der Waals surface area contributed by atoms with Gasteiger partial charge in [-0.2, -0.15) is 0 Å². The first-order valence-corrected chi connectivity index (χ1v) is 10.0.